The van der Waals surface area contributed by atoms with Crippen LogP contribution in [0.4, 0.5) is 0 Å². The molecule has 2 aliphatic rings. The summed E-state index contributed by atoms with van der Waals surface area (Å²) < 4.78 is 0.174. The van der Waals surface area contributed by atoms with Gasteiger partial charge in [-0.1, -0.05) is 12.8 Å². The highest BCUT2D eigenvalue weighted by molar-refractivity contribution is 8.00. The van der Waals surface area contributed by atoms with Crippen molar-refractivity contribution in [2.24, 2.45) is 0 Å². The first-order valence-electron chi connectivity index (χ1n) is 6.35. The van der Waals surface area contributed by atoms with Crippen LogP contribution in [-0.2, 0) is 4.75 Å². The summed E-state index contributed by atoms with van der Waals surface area (Å²) in [4.78, 5) is 4.76. The molecule has 1 aromatic rings. The standard InChI is InChI=1S/C12H19N3S/c1-12(7-4-8-16-12)11-13-10(14-15-11)9-5-2-3-6-9/h9H,2-8H2,1H3,(H,13,14,15). The topological polar surface area (TPSA) is 41.6 Å². The van der Waals surface area contributed by atoms with E-state index in [4.69, 9.17) is 4.98 Å². The Morgan fingerprint density at radius 1 is 1.31 bits per heavy atom. The van der Waals surface area contributed by atoms with Crippen LogP contribution in [0.25, 0.3) is 0 Å². The van der Waals surface area contributed by atoms with Crippen molar-refractivity contribution in [3.05, 3.63) is 11.6 Å². The molecular formula is C12H19N3S. The molecule has 1 atom stereocenters. The van der Waals surface area contributed by atoms with Gasteiger partial charge in [0.05, 0.1) is 4.75 Å². The van der Waals surface area contributed by atoms with Crippen LogP contribution in [0, 0.1) is 0 Å². The molecule has 1 N–H and O–H groups in total. The zero-order chi connectivity index (χ0) is 11.0. The number of thioether (sulfide) groups is 1. The maximum absolute atomic E-state index is 4.76. The lowest BCUT2D eigenvalue weighted by Crippen LogP contribution is -2.15. The van der Waals surface area contributed by atoms with Crippen molar-refractivity contribution in [3.63, 3.8) is 0 Å². The van der Waals surface area contributed by atoms with Crippen molar-refractivity contribution in [1.29, 1.82) is 0 Å². The molecule has 1 saturated heterocycles. The SMILES string of the molecule is CC1(c2n[nH]c(C3CCCC3)n2)CCCS1. The Labute approximate surface area is 101 Å². The third-order valence-corrected chi connectivity index (χ3v) is 5.45. The molecule has 4 heteroatoms. The predicted octanol–water partition coefficient (Wildman–Crippen LogP) is 3.20. The fraction of sp³-hybridized carbons (Fsp3) is 0.833. The van der Waals surface area contributed by atoms with Gasteiger partial charge in [0.25, 0.3) is 0 Å². The van der Waals surface area contributed by atoms with Crippen molar-refractivity contribution in [2.75, 3.05) is 5.75 Å². The van der Waals surface area contributed by atoms with Crippen LogP contribution in [0.2, 0.25) is 0 Å². The summed E-state index contributed by atoms with van der Waals surface area (Å²) in [6, 6.07) is 0. The number of H-pyrrole nitrogens is 1. The summed E-state index contributed by atoms with van der Waals surface area (Å²) in [5, 5.41) is 7.63. The molecule has 16 heavy (non-hydrogen) atoms. The molecule has 3 nitrogen and oxygen atoms in total. The van der Waals surface area contributed by atoms with Gasteiger partial charge in [0, 0.05) is 5.92 Å². The van der Waals surface area contributed by atoms with Crippen LogP contribution >= 0.6 is 11.8 Å². The van der Waals surface area contributed by atoms with Crippen molar-refractivity contribution >= 4 is 11.8 Å². The van der Waals surface area contributed by atoms with E-state index in [0.717, 1.165) is 11.6 Å². The summed E-state index contributed by atoms with van der Waals surface area (Å²) >= 11 is 2.01. The van der Waals surface area contributed by atoms with Crippen LogP contribution in [-0.4, -0.2) is 20.9 Å². The average Bonchev–Trinajstić information content (AvgIpc) is 2.98. The molecule has 1 aliphatic heterocycles. The first-order valence-corrected chi connectivity index (χ1v) is 7.33. The van der Waals surface area contributed by atoms with Crippen LogP contribution in [0.15, 0.2) is 0 Å². The van der Waals surface area contributed by atoms with Gasteiger partial charge in [-0.25, -0.2) is 4.98 Å². The van der Waals surface area contributed by atoms with Gasteiger partial charge in [-0.2, -0.15) is 5.10 Å². The van der Waals surface area contributed by atoms with Crippen molar-refractivity contribution in [2.45, 2.75) is 56.1 Å². The van der Waals surface area contributed by atoms with Crippen molar-refractivity contribution < 1.29 is 0 Å². The molecule has 1 saturated carbocycles. The Bertz CT molecular complexity index is 362. The van der Waals surface area contributed by atoms with Gasteiger partial charge in [0.15, 0.2) is 5.82 Å². The van der Waals surface area contributed by atoms with Gasteiger partial charge in [-0.05, 0) is 38.4 Å². The number of aromatic amines is 1. The normalized spacial score (nSPS) is 31.3. The number of rotatable bonds is 2. The van der Waals surface area contributed by atoms with E-state index in [1.165, 1.54) is 44.3 Å². The van der Waals surface area contributed by atoms with E-state index in [-0.39, 0.29) is 4.75 Å². The van der Waals surface area contributed by atoms with Gasteiger partial charge < -0.3 is 0 Å². The number of nitrogens with zero attached hydrogens (tertiary/aromatic N) is 2. The number of hydrogen-bond acceptors (Lipinski definition) is 3. The Hall–Kier alpha value is -0.510. The molecule has 2 heterocycles. The minimum atomic E-state index is 0.174. The first-order chi connectivity index (χ1) is 7.78. The molecule has 1 aromatic heterocycles. The fourth-order valence-electron chi connectivity index (χ4n) is 2.85. The molecule has 1 aliphatic carbocycles. The second kappa shape index (κ2) is 4.06. The molecule has 0 spiro atoms. The second-order valence-electron chi connectivity index (χ2n) is 5.21. The summed E-state index contributed by atoms with van der Waals surface area (Å²) in [5.41, 5.74) is 0. The third-order valence-electron chi connectivity index (χ3n) is 3.94. The van der Waals surface area contributed by atoms with Crippen molar-refractivity contribution in [1.82, 2.24) is 15.2 Å². The molecule has 2 fully saturated rings. The summed E-state index contributed by atoms with van der Waals surface area (Å²) in [6.07, 6.45) is 7.81. The summed E-state index contributed by atoms with van der Waals surface area (Å²) in [5.74, 6) is 4.08. The maximum Gasteiger partial charge on any atom is 0.166 e. The Morgan fingerprint density at radius 2 is 2.12 bits per heavy atom. The van der Waals surface area contributed by atoms with Crippen LogP contribution in [0.5, 0.6) is 0 Å². The Morgan fingerprint density at radius 3 is 2.81 bits per heavy atom. The van der Waals surface area contributed by atoms with Gasteiger partial charge in [0.1, 0.15) is 5.82 Å². The first kappa shape index (κ1) is 10.6. The van der Waals surface area contributed by atoms with Gasteiger partial charge in [-0.15, -0.1) is 11.8 Å². The molecular weight excluding hydrogens is 218 g/mol. The van der Waals surface area contributed by atoms with E-state index in [1.54, 1.807) is 0 Å². The third kappa shape index (κ3) is 1.77. The van der Waals surface area contributed by atoms with E-state index in [0.29, 0.717) is 5.92 Å². The number of hydrogen-bond donors (Lipinski definition) is 1. The van der Waals surface area contributed by atoms with E-state index in [9.17, 15) is 0 Å². The molecule has 0 aromatic carbocycles. The van der Waals surface area contributed by atoms with Crippen LogP contribution < -0.4 is 0 Å². The van der Waals surface area contributed by atoms with Gasteiger partial charge >= 0.3 is 0 Å². The van der Waals surface area contributed by atoms with E-state index >= 15 is 0 Å². The Kier molecular flexibility index (Phi) is 2.70. The minimum absolute atomic E-state index is 0.174. The zero-order valence-electron chi connectivity index (χ0n) is 9.83. The Balaban J connectivity index is 1.81. The minimum Gasteiger partial charge on any atom is -0.263 e. The van der Waals surface area contributed by atoms with Gasteiger partial charge in [0.2, 0.25) is 0 Å². The monoisotopic (exact) mass is 237 g/mol. The van der Waals surface area contributed by atoms with E-state index < -0.39 is 0 Å². The second-order valence-corrected chi connectivity index (χ2v) is 6.81. The van der Waals surface area contributed by atoms with Crippen molar-refractivity contribution in [3.8, 4) is 0 Å². The molecule has 1 unspecified atom stereocenters. The predicted molar refractivity (Wildman–Crippen MR) is 66.6 cm³/mol. The summed E-state index contributed by atoms with van der Waals surface area (Å²) in [7, 11) is 0. The molecule has 0 bridgehead atoms. The average molecular weight is 237 g/mol. The molecule has 3 rings (SSSR count). The molecule has 0 amide bonds. The van der Waals surface area contributed by atoms with Crippen LogP contribution in [0.1, 0.15) is 63.0 Å². The largest absolute Gasteiger partial charge is 0.263 e. The fourth-order valence-corrected chi connectivity index (χ4v) is 4.10. The highest BCUT2D eigenvalue weighted by Gasteiger charge is 2.36. The quantitative estimate of drug-likeness (QED) is 0.858. The highest BCUT2D eigenvalue weighted by Crippen LogP contribution is 2.45. The number of aromatic nitrogens is 3. The zero-order valence-corrected chi connectivity index (χ0v) is 10.6. The van der Waals surface area contributed by atoms with Crippen LogP contribution in [0.3, 0.4) is 0 Å². The highest BCUT2D eigenvalue weighted by atomic mass is 32.2. The summed E-state index contributed by atoms with van der Waals surface area (Å²) in [6.45, 7) is 2.28. The maximum atomic E-state index is 4.76. The molecule has 0 radical (unpaired) electrons. The lowest BCUT2D eigenvalue weighted by Gasteiger charge is -2.17. The lowest BCUT2D eigenvalue weighted by molar-refractivity contribution is 0.605. The molecule has 88 valence electrons. The number of nitrogens with one attached hydrogen (secondary N) is 1. The van der Waals surface area contributed by atoms with Gasteiger partial charge in [-0.3, -0.25) is 5.10 Å². The van der Waals surface area contributed by atoms with E-state index in [1.807, 2.05) is 11.8 Å². The van der Waals surface area contributed by atoms with E-state index in [2.05, 4.69) is 17.1 Å². The smallest absolute Gasteiger partial charge is 0.166 e. The lowest BCUT2D eigenvalue weighted by atomic mass is 10.0.